The van der Waals surface area contributed by atoms with Gasteiger partial charge in [0.25, 0.3) is 11.5 Å². The van der Waals surface area contributed by atoms with E-state index in [1.807, 2.05) is 0 Å². The second kappa shape index (κ2) is 9.34. The van der Waals surface area contributed by atoms with E-state index in [4.69, 9.17) is 4.74 Å². The van der Waals surface area contributed by atoms with Crippen LogP contribution < -0.4 is 15.6 Å². The van der Waals surface area contributed by atoms with Crippen LogP contribution in [0.2, 0.25) is 0 Å². The van der Waals surface area contributed by atoms with Crippen LogP contribution >= 0.6 is 0 Å². The predicted octanol–water partition coefficient (Wildman–Crippen LogP) is 2.47. The van der Waals surface area contributed by atoms with Gasteiger partial charge in [-0.2, -0.15) is 9.78 Å². The highest BCUT2D eigenvalue weighted by molar-refractivity contribution is 6.04. The van der Waals surface area contributed by atoms with E-state index in [1.54, 1.807) is 55.6 Å². The van der Waals surface area contributed by atoms with Crippen molar-refractivity contribution in [1.29, 1.82) is 0 Å². The fourth-order valence-electron chi connectivity index (χ4n) is 3.23. The zero-order chi connectivity index (χ0) is 20.8. The van der Waals surface area contributed by atoms with Crippen molar-refractivity contribution in [3.8, 4) is 11.4 Å². The van der Waals surface area contributed by atoms with Gasteiger partial charge in [0.15, 0.2) is 5.69 Å². The number of likely N-dealkylation sites (N-methyl/N-ethyl adjacent to an activating group) is 1. The zero-order valence-electron chi connectivity index (χ0n) is 17.0. The van der Waals surface area contributed by atoms with Gasteiger partial charge in [-0.05, 0) is 31.3 Å². The summed E-state index contributed by atoms with van der Waals surface area (Å²) in [4.78, 5) is 28.1. The minimum Gasteiger partial charge on any atom is -0.497 e. The number of hydrogen-bond donors (Lipinski definition) is 1. The molecule has 0 aliphatic heterocycles. The molecule has 0 unspecified atom stereocenters. The van der Waals surface area contributed by atoms with Crippen molar-refractivity contribution in [1.82, 2.24) is 20.0 Å². The molecule has 1 N–H and O–H groups in total. The molecule has 0 saturated carbocycles. The van der Waals surface area contributed by atoms with Crippen LogP contribution in [-0.2, 0) is 0 Å². The SMILES string of the molecule is CCN(CC)CCNC(=O)c1nn(-c2cccc(OC)c2)c(=O)c2ccccc12. The average Bonchev–Trinajstić information content (AvgIpc) is 2.77. The number of amides is 1. The summed E-state index contributed by atoms with van der Waals surface area (Å²) < 4.78 is 6.51. The Hall–Kier alpha value is -3.19. The van der Waals surface area contributed by atoms with E-state index in [9.17, 15) is 9.59 Å². The largest absolute Gasteiger partial charge is 0.497 e. The Morgan fingerprint density at radius 1 is 1.10 bits per heavy atom. The third-order valence-corrected chi connectivity index (χ3v) is 4.93. The van der Waals surface area contributed by atoms with Gasteiger partial charge in [-0.3, -0.25) is 9.59 Å². The van der Waals surface area contributed by atoms with Crippen LogP contribution in [-0.4, -0.2) is 53.9 Å². The van der Waals surface area contributed by atoms with Crippen molar-refractivity contribution in [3.05, 3.63) is 64.6 Å². The summed E-state index contributed by atoms with van der Waals surface area (Å²) in [6, 6.07) is 14.1. The maximum Gasteiger partial charge on any atom is 0.279 e. The van der Waals surface area contributed by atoms with Crippen LogP contribution in [0.4, 0.5) is 0 Å². The topological polar surface area (TPSA) is 76.5 Å². The van der Waals surface area contributed by atoms with Gasteiger partial charge >= 0.3 is 0 Å². The Morgan fingerprint density at radius 2 is 1.83 bits per heavy atom. The normalized spacial score (nSPS) is 11.0. The van der Waals surface area contributed by atoms with Crippen molar-refractivity contribution in [2.75, 3.05) is 33.3 Å². The molecule has 7 heteroatoms. The van der Waals surface area contributed by atoms with Crippen molar-refractivity contribution in [2.45, 2.75) is 13.8 Å². The van der Waals surface area contributed by atoms with Gasteiger partial charge in [-0.1, -0.05) is 38.1 Å². The molecule has 3 rings (SSSR count). The highest BCUT2D eigenvalue weighted by atomic mass is 16.5. The molecule has 3 aromatic rings. The van der Waals surface area contributed by atoms with E-state index in [-0.39, 0.29) is 17.2 Å². The minimum atomic E-state index is -0.301. The number of rotatable bonds is 8. The molecule has 1 heterocycles. The number of hydrogen-bond acceptors (Lipinski definition) is 5. The van der Waals surface area contributed by atoms with Gasteiger partial charge in [0, 0.05) is 24.5 Å². The van der Waals surface area contributed by atoms with Gasteiger partial charge < -0.3 is 15.0 Å². The predicted molar refractivity (Wildman–Crippen MR) is 114 cm³/mol. The Kier molecular flexibility index (Phi) is 6.61. The number of fused-ring (bicyclic) bond motifs is 1. The lowest BCUT2D eigenvalue weighted by Gasteiger charge is -2.18. The number of carbonyl (C=O) groups is 1. The van der Waals surface area contributed by atoms with Gasteiger partial charge in [0.05, 0.1) is 18.2 Å². The molecule has 0 saturated heterocycles. The third kappa shape index (κ3) is 4.46. The fraction of sp³-hybridized carbons (Fsp3) is 0.318. The van der Waals surface area contributed by atoms with E-state index in [2.05, 4.69) is 29.2 Å². The first kappa shape index (κ1) is 20.5. The standard InChI is InChI=1S/C22H26N4O3/c1-4-25(5-2)14-13-23-21(27)20-18-11-6-7-12-19(18)22(28)26(24-20)16-9-8-10-17(15-16)29-3/h6-12,15H,4-5,13-14H2,1-3H3,(H,23,27). The Balaban J connectivity index is 2.01. The molecule has 0 fully saturated rings. The second-order valence-electron chi connectivity index (χ2n) is 6.60. The molecular formula is C22H26N4O3. The fourth-order valence-corrected chi connectivity index (χ4v) is 3.23. The number of aromatic nitrogens is 2. The molecule has 1 aromatic heterocycles. The smallest absolute Gasteiger partial charge is 0.279 e. The first-order valence-electron chi connectivity index (χ1n) is 9.76. The number of ether oxygens (including phenoxy) is 1. The van der Waals surface area contributed by atoms with Crippen molar-refractivity contribution >= 4 is 16.7 Å². The minimum absolute atomic E-state index is 0.225. The van der Waals surface area contributed by atoms with Gasteiger partial charge in [-0.25, -0.2) is 0 Å². The van der Waals surface area contributed by atoms with E-state index in [1.165, 1.54) is 4.68 Å². The third-order valence-electron chi connectivity index (χ3n) is 4.93. The number of benzene rings is 2. The van der Waals surface area contributed by atoms with Crippen molar-refractivity contribution < 1.29 is 9.53 Å². The first-order valence-corrected chi connectivity index (χ1v) is 9.76. The summed E-state index contributed by atoms with van der Waals surface area (Å²) in [5.41, 5.74) is 0.480. The molecule has 29 heavy (non-hydrogen) atoms. The number of methoxy groups -OCH3 is 1. The maximum atomic E-state index is 13.0. The Bertz CT molecular complexity index is 1060. The second-order valence-corrected chi connectivity index (χ2v) is 6.60. The summed E-state index contributed by atoms with van der Waals surface area (Å²) in [5, 5.41) is 8.32. The molecule has 0 aliphatic rings. The molecule has 7 nitrogen and oxygen atoms in total. The van der Waals surface area contributed by atoms with Crippen LogP contribution in [0.15, 0.2) is 53.3 Å². The first-order chi connectivity index (χ1) is 14.1. The van der Waals surface area contributed by atoms with E-state index in [0.717, 1.165) is 19.6 Å². The lowest BCUT2D eigenvalue weighted by atomic mass is 10.1. The molecule has 0 atom stereocenters. The Labute approximate surface area is 169 Å². The molecule has 0 spiro atoms. The monoisotopic (exact) mass is 394 g/mol. The zero-order valence-corrected chi connectivity index (χ0v) is 17.0. The average molecular weight is 394 g/mol. The van der Waals surface area contributed by atoms with Crippen LogP contribution in [0, 0.1) is 0 Å². The Morgan fingerprint density at radius 3 is 2.52 bits per heavy atom. The molecule has 152 valence electrons. The van der Waals surface area contributed by atoms with E-state index >= 15 is 0 Å². The van der Waals surface area contributed by atoms with Gasteiger partial charge in [0.2, 0.25) is 0 Å². The van der Waals surface area contributed by atoms with Crippen LogP contribution in [0.5, 0.6) is 5.75 Å². The van der Waals surface area contributed by atoms with Crippen LogP contribution in [0.3, 0.4) is 0 Å². The van der Waals surface area contributed by atoms with E-state index < -0.39 is 0 Å². The highest BCUT2D eigenvalue weighted by Crippen LogP contribution is 2.18. The highest BCUT2D eigenvalue weighted by Gasteiger charge is 2.17. The van der Waals surface area contributed by atoms with Gasteiger partial charge in [0.1, 0.15) is 5.75 Å². The number of carbonyl (C=O) groups excluding carboxylic acids is 1. The molecular weight excluding hydrogens is 368 g/mol. The van der Waals surface area contributed by atoms with Crippen LogP contribution in [0.25, 0.3) is 16.5 Å². The molecule has 2 aromatic carbocycles. The van der Waals surface area contributed by atoms with Gasteiger partial charge in [-0.15, -0.1) is 0 Å². The number of nitrogens with one attached hydrogen (secondary N) is 1. The van der Waals surface area contributed by atoms with Crippen molar-refractivity contribution in [3.63, 3.8) is 0 Å². The summed E-state index contributed by atoms with van der Waals surface area (Å²) in [6.45, 7) is 7.29. The quantitative estimate of drug-likeness (QED) is 0.635. The van der Waals surface area contributed by atoms with Crippen molar-refractivity contribution in [2.24, 2.45) is 0 Å². The molecule has 0 bridgehead atoms. The van der Waals surface area contributed by atoms with E-state index in [0.29, 0.717) is 28.8 Å². The summed E-state index contributed by atoms with van der Waals surface area (Å²) in [5.74, 6) is 0.305. The summed E-state index contributed by atoms with van der Waals surface area (Å²) >= 11 is 0. The molecule has 1 amide bonds. The summed E-state index contributed by atoms with van der Waals surface area (Å²) in [6.07, 6.45) is 0. The molecule has 0 radical (unpaired) electrons. The number of nitrogens with zero attached hydrogens (tertiary/aromatic N) is 3. The summed E-state index contributed by atoms with van der Waals surface area (Å²) in [7, 11) is 1.56. The maximum absolute atomic E-state index is 13.0. The van der Waals surface area contributed by atoms with Crippen LogP contribution in [0.1, 0.15) is 24.3 Å². The lowest BCUT2D eigenvalue weighted by molar-refractivity contribution is 0.0944. The molecule has 0 aliphatic carbocycles. The lowest BCUT2D eigenvalue weighted by Crippen LogP contribution is -2.36.